The molecule has 0 saturated heterocycles. The second-order valence-corrected chi connectivity index (χ2v) is 0.224. The van der Waals surface area contributed by atoms with Gasteiger partial charge in [0.1, 0.15) is 0 Å². The van der Waals surface area contributed by atoms with Crippen LogP contribution in [0.3, 0.4) is 0 Å². The van der Waals surface area contributed by atoms with Crippen molar-refractivity contribution >= 4 is 17.0 Å². The summed E-state index contributed by atoms with van der Waals surface area (Å²) in [6.07, 6.45) is 0. The molecule has 0 aromatic carbocycles. The third-order valence-electron chi connectivity index (χ3n) is 0. The molecule has 0 saturated carbocycles. The summed E-state index contributed by atoms with van der Waals surface area (Å²) in [6, 6.07) is 0. The molecule has 32 valence electrons. The van der Waals surface area contributed by atoms with Crippen molar-refractivity contribution in [2.75, 3.05) is 0 Å². The number of hydrogen-bond acceptors (Lipinski definition) is 3. The van der Waals surface area contributed by atoms with Crippen LogP contribution in [0.5, 0.6) is 0 Å². The molecular weight excluding hydrogens is 165 g/mol. The molecule has 6 heteroatoms. The van der Waals surface area contributed by atoms with E-state index in [1.807, 2.05) is 0 Å². The van der Waals surface area contributed by atoms with Gasteiger partial charge in [-0.2, -0.15) is 0 Å². The summed E-state index contributed by atoms with van der Waals surface area (Å²) in [4.78, 5) is 8.25. The third-order valence-corrected chi connectivity index (χ3v) is 0. The fourth-order valence-electron chi connectivity index (χ4n) is 0. The summed E-state index contributed by atoms with van der Waals surface area (Å²) in [5, 5.41) is 14.8. The third kappa shape index (κ3) is 137. The van der Waals surface area contributed by atoms with E-state index in [2.05, 4.69) is 0 Å². The van der Waals surface area contributed by atoms with Crippen LogP contribution < -0.4 is 29.6 Å². The number of halogens is 1. The first-order valence-corrected chi connectivity index (χ1v) is 0.548. The molecule has 0 aromatic rings. The van der Waals surface area contributed by atoms with Gasteiger partial charge in [0.15, 0.2) is 0 Å². The minimum Gasteiger partial charge on any atom is -0.356 e. The van der Waals surface area contributed by atoms with E-state index < -0.39 is 5.09 Å². The van der Waals surface area contributed by atoms with Crippen LogP contribution in [-0.4, -0.2) is 5.09 Å². The van der Waals surface area contributed by atoms with Crippen molar-refractivity contribution in [1.82, 2.24) is 0 Å². The average molecular weight is 166 g/mol. The summed E-state index contributed by atoms with van der Waals surface area (Å²) in [5.74, 6) is 0. The Hall–Kier alpha value is 0.680. The Morgan fingerprint density at radius 1 is 1.33 bits per heavy atom. The zero-order valence-corrected chi connectivity index (χ0v) is 6.79. The van der Waals surface area contributed by atoms with E-state index in [0.717, 1.165) is 0 Å². The first-order valence-electron chi connectivity index (χ1n) is 0.548. The van der Waals surface area contributed by atoms with Gasteiger partial charge in [0.2, 0.25) is 0 Å². The molecule has 6 heavy (non-hydrogen) atoms. The predicted molar refractivity (Wildman–Crippen MR) is 20.7 cm³/mol. The minimum absolute atomic E-state index is 0. The van der Waals surface area contributed by atoms with Crippen LogP contribution in [0, 0.1) is 15.3 Å². The van der Waals surface area contributed by atoms with E-state index in [9.17, 15) is 0 Å². The Morgan fingerprint density at radius 2 is 1.33 bits per heavy atom. The van der Waals surface area contributed by atoms with Crippen molar-refractivity contribution in [1.29, 1.82) is 0 Å². The molecule has 0 radical (unpaired) electrons. The zero-order valence-electron chi connectivity index (χ0n) is 3.08. The van der Waals surface area contributed by atoms with Crippen LogP contribution in [0.15, 0.2) is 0 Å². The molecule has 0 amide bonds. The molecular formula is HBrNNaO3. The standard InChI is InChI=1S/BrH.NO3.Na/c;2-1(3)4;/h1H;;/q;-1;+1. The molecule has 0 atom stereocenters. The summed E-state index contributed by atoms with van der Waals surface area (Å²) >= 11 is 0. The molecule has 0 aromatic heterocycles. The Morgan fingerprint density at radius 3 is 1.33 bits per heavy atom. The molecule has 0 unspecified atom stereocenters. The molecule has 0 aliphatic rings. The van der Waals surface area contributed by atoms with Crippen LogP contribution in [0.2, 0.25) is 0 Å². The van der Waals surface area contributed by atoms with Gasteiger partial charge in [0.25, 0.3) is 0 Å². The molecule has 0 bridgehead atoms. The van der Waals surface area contributed by atoms with Gasteiger partial charge in [-0.25, -0.2) is 0 Å². The Bertz CT molecular complexity index is 33.8. The van der Waals surface area contributed by atoms with Gasteiger partial charge in [0.05, 0.1) is 5.09 Å². The van der Waals surface area contributed by atoms with Crippen molar-refractivity contribution in [2.24, 2.45) is 0 Å². The van der Waals surface area contributed by atoms with E-state index in [0.29, 0.717) is 0 Å². The minimum atomic E-state index is -1.75. The van der Waals surface area contributed by atoms with Gasteiger partial charge in [0, 0.05) is 0 Å². The molecule has 0 aliphatic heterocycles. The van der Waals surface area contributed by atoms with Gasteiger partial charge >= 0.3 is 29.6 Å². The predicted octanol–water partition coefficient (Wildman–Crippen LogP) is -2.66. The van der Waals surface area contributed by atoms with Crippen molar-refractivity contribution in [3.05, 3.63) is 15.3 Å². The summed E-state index contributed by atoms with van der Waals surface area (Å²) in [7, 11) is 0. The summed E-state index contributed by atoms with van der Waals surface area (Å²) in [5.41, 5.74) is 0. The normalized spacial score (nSPS) is 4.00. The maximum absolute atomic E-state index is 8.25. The van der Waals surface area contributed by atoms with Gasteiger partial charge in [-0.15, -0.1) is 17.0 Å². The second-order valence-electron chi connectivity index (χ2n) is 0.224. The molecule has 0 rings (SSSR count). The molecule has 0 N–H and O–H groups in total. The van der Waals surface area contributed by atoms with Gasteiger partial charge in [-0.1, -0.05) is 0 Å². The van der Waals surface area contributed by atoms with E-state index in [4.69, 9.17) is 15.3 Å². The van der Waals surface area contributed by atoms with E-state index >= 15 is 0 Å². The van der Waals surface area contributed by atoms with Crippen molar-refractivity contribution in [3.8, 4) is 0 Å². The maximum atomic E-state index is 8.25. The SMILES string of the molecule is Br.O=[N+]([O-])[O-].[Na+]. The Kier molecular flexibility index (Phi) is 24.4. The van der Waals surface area contributed by atoms with Gasteiger partial charge in [-0.05, 0) is 0 Å². The van der Waals surface area contributed by atoms with Crippen LogP contribution in [0.25, 0.3) is 0 Å². The fourth-order valence-corrected chi connectivity index (χ4v) is 0. The van der Waals surface area contributed by atoms with E-state index in [-0.39, 0.29) is 46.5 Å². The van der Waals surface area contributed by atoms with Crippen molar-refractivity contribution in [2.45, 2.75) is 0 Å². The summed E-state index contributed by atoms with van der Waals surface area (Å²) < 4.78 is 0. The number of hydrogen-bond donors (Lipinski definition) is 0. The number of nitrogens with zero attached hydrogens (tertiary/aromatic N) is 1. The van der Waals surface area contributed by atoms with Crippen molar-refractivity contribution < 1.29 is 34.6 Å². The van der Waals surface area contributed by atoms with E-state index in [1.54, 1.807) is 0 Å². The molecule has 4 nitrogen and oxygen atoms in total. The van der Waals surface area contributed by atoms with Crippen LogP contribution in [0.1, 0.15) is 0 Å². The largest absolute Gasteiger partial charge is 1.00 e. The van der Waals surface area contributed by atoms with Gasteiger partial charge in [-0.3, -0.25) is 0 Å². The summed E-state index contributed by atoms with van der Waals surface area (Å²) in [6.45, 7) is 0. The second kappa shape index (κ2) is 9.19. The molecule has 0 spiro atoms. The Labute approximate surface area is 66.7 Å². The van der Waals surface area contributed by atoms with E-state index in [1.165, 1.54) is 0 Å². The molecule has 0 fully saturated rings. The topological polar surface area (TPSA) is 66.2 Å². The maximum Gasteiger partial charge on any atom is 1.00 e. The smallest absolute Gasteiger partial charge is 0.356 e. The van der Waals surface area contributed by atoms with Crippen LogP contribution in [-0.2, 0) is 0 Å². The Balaban J connectivity index is -0.0000000450. The first kappa shape index (κ1) is 15.9. The zero-order chi connectivity index (χ0) is 3.58. The van der Waals surface area contributed by atoms with Crippen molar-refractivity contribution in [3.63, 3.8) is 0 Å². The molecule has 0 heterocycles. The average Bonchev–Trinajstić information content (AvgIpc) is 0.811. The monoisotopic (exact) mass is 165 g/mol. The number of rotatable bonds is 0. The van der Waals surface area contributed by atoms with Crippen LogP contribution >= 0.6 is 17.0 Å². The molecule has 0 aliphatic carbocycles. The first-order chi connectivity index (χ1) is 1.73. The van der Waals surface area contributed by atoms with Gasteiger partial charge < -0.3 is 15.3 Å². The quantitative estimate of drug-likeness (QED) is 0.224. The van der Waals surface area contributed by atoms with Crippen LogP contribution in [0.4, 0.5) is 0 Å². The fraction of sp³-hybridized carbons (Fsp3) is 0.